The second-order valence-electron chi connectivity index (χ2n) is 4.91. The van der Waals surface area contributed by atoms with Crippen molar-refractivity contribution >= 4 is 13.6 Å². The third kappa shape index (κ3) is 1.79. The summed E-state index contributed by atoms with van der Waals surface area (Å²) in [5.74, 6) is 0.587. The molecule has 1 spiro atoms. The van der Waals surface area contributed by atoms with Gasteiger partial charge >= 0.3 is 95.9 Å². The fourth-order valence-corrected chi connectivity index (χ4v) is 2.38. The summed E-state index contributed by atoms with van der Waals surface area (Å²) in [6.07, 6.45) is 4.34. The van der Waals surface area contributed by atoms with Gasteiger partial charge in [0.05, 0.1) is 0 Å². The fourth-order valence-electron chi connectivity index (χ4n) is 2.38. The molecule has 0 aliphatic carbocycles. The van der Waals surface area contributed by atoms with Crippen LogP contribution < -0.4 is 0 Å². The van der Waals surface area contributed by atoms with E-state index in [0.717, 1.165) is 25.1 Å². The van der Waals surface area contributed by atoms with Crippen molar-refractivity contribution in [3.8, 4) is 0 Å². The van der Waals surface area contributed by atoms with Crippen LogP contribution in [0, 0.1) is 5.92 Å². The molecule has 2 atom stereocenters. The molecular weight excluding hydrogens is 200 g/mol. The summed E-state index contributed by atoms with van der Waals surface area (Å²) < 4.78 is 7.92. The van der Waals surface area contributed by atoms with E-state index in [4.69, 9.17) is 4.74 Å². The van der Waals surface area contributed by atoms with Crippen molar-refractivity contribution < 1.29 is 4.74 Å². The van der Waals surface area contributed by atoms with Crippen LogP contribution in [0.5, 0.6) is 0 Å². The van der Waals surface area contributed by atoms with E-state index in [-0.39, 0.29) is 11.5 Å². The molecule has 2 aliphatic rings. The molecule has 16 heavy (non-hydrogen) atoms. The third-order valence-electron chi connectivity index (χ3n) is 3.50. The molecule has 1 aromatic rings. The van der Waals surface area contributed by atoms with Crippen molar-refractivity contribution in [3.05, 3.63) is 11.9 Å². The molecule has 2 aliphatic heterocycles. The Balaban J connectivity index is 1.66. The number of aromatic nitrogens is 3. The molecule has 0 bridgehead atoms. The molecule has 1 fully saturated rings. The Bertz CT molecular complexity index is 425. The van der Waals surface area contributed by atoms with Gasteiger partial charge in [-0.2, -0.15) is 0 Å². The SMILES string of the molecule is CCc1cn(CC2OC3(B=B3)CC2C)nn1. The minimum absolute atomic E-state index is 0.0122. The van der Waals surface area contributed by atoms with Gasteiger partial charge in [-0.1, -0.05) is 0 Å². The summed E-state index contributed by atoms with van der Waals surface area (Å²) in [6, 6.07) is 0. The first-order valence-corrected chi connectivity index (χ1v) is 5.98. The summed E-state index contributed by atoms with van der Waals surface area (Å²) in [5, 5.41) is 8.23. The van der Waals surface area contributed by atoms with Crippen LogP contribution in [0.3, 0.4) is 0 Å². The van der Waals surface area contributed by atoms with E-state index in [0.29, 0.717) is 5.92 Å². The van der Waals surface area contributed by atoms with Crippen molar-refractivity contribution in [1.29, 1.82) is 0 Å². The molecule has 6 heteroatoms. The second kappa shape index (κ2) is 3.62. The average Bonchev–Trinajstić information content (AvgIpc) is 2.74. The van der Waals surface area contributed by atoms with E-state index in [2.05, 4.69) is 37.8 Å². The van der Waals surface area contributed by atoms with E-state index in [1.165, 1.54) is 0 Å². The molecule has 3 heterocycles. The molecular formula is C10H15B2N3O. The number of hydrogen-bond acceptors (Lipinski definition) is 3. The van der Waals surface area contributed by atoms with Gasteiger partial charge in [-0.05, 0) is 0 Å². The van der Waals surface area contributed by atoms with Crippen LogP contribution >= 0.6 is 0 Å². The van der Waals surface area contributed by atoms with E-state index < -0.39 is 0 Å². The molecule has 82 valence electrons. The van der Waals surface area contributed by atoms with Gasteiger partial charge in [-0.25, -0.2) is 0 Å². The van der Waals surface area contributed by atoms with Gasteiger partial charge in [0.25, 0.3) is 0 Å². The van der Waals surface area contributed by atoms with Crippen molar-refractivity contribution in [2.24, 2.45) is 5.92 Å². The maximum atomic E-state index is 6.02. The van der Waals surface area contributed by atoms with Gasteiger partial charge in [0.2, 0.25) is 0 Å². The molecule has 3 rings (SSSR count). The Hall–Kier alpha value is -0.770. The summed E-state index contributed by atoms with van der Waals surface area (Å²) in [4.78, 5) is 0. The van der Waals surface area contributed by atoms with Gasteiger partial charge in [0, 0.05) is 0 Å². The van der Waals surface area contributed by atoms with Crippen molar-refractivity contribution in [2.75, 3.05) is 0 Å². The third-order valence-corrected chi connectivity index (χ3v) is 3.50. The Morgan fingerprint density at radius 3 is 3.00 bits per heavy atom. The average molecular weight is 215 g/mol. The molecule has 4 nitrogen and oxygen atoms in total. The Morgan fingerprint density at radius 2 is 2.44 bits per heavy atom. The molecule has 0 saturated carbocycles. The first-order chi connectivity index (χ1) is 7.71. The Kier molecular flexibility index (Phi) is 2.35. The number of ether oxygens (including phenoxy) is 1. The molecule has 1 saturated heterocycles. The summed E-state index contributed by atoms with van der Waals surface area (Å²) in [6.45, 7) is 9.46. The zero-order valence-corrected chi connectivity index (χ0v) is 9.76. The van der Waals surface area contributed by atoms with Crippen LogP contribution in [0.15, 0.2) is 6.20 Å². The normalized spacial score (nSPS) is 29.1. The number of hydrogen-bond donors (Lipinski definition) is 0. The van der Waals surface area contributed by atoms with Crippen LogP contribution in [0.1, 0.15) is 26.0 Å². The van der Waals surface area contributed by atoms with Crippen LogP contribution in [-0.2, 0) is 17.7 Å². The standard InChI is InChI=1S/C10H15B2N3O/c1-3-8-5-15(14-13-8)6-9-7(2)4-10(16-9)11-12-10/h5,7,9H,3-4,6H2,1-2H3. The van der Waals surface area contributed by atoms with Crippen LogP contribution in [-0.4, -0.2) is 40.1 Å². The van der Waals surface area contributed by atoms with Gasteiger partial charge in [-0.15, -0.1) is 0 Å². The zero-order valence-electron chi connectivity index (χ0n) is 9.76. The predicted octanol–water partition coefficient (Wildman–Crippen LogP) is 0.256. The van der Waals surface area contributed by atoms with E-state index in [9.17, 15) is 0 Å². The van der Waals surface area contributed by atoms with Crippen molar-refractivity contribution in [3.63, 3.8) is 0 Å². The first-order valence-electron chi connectivity index (χ1n) is 5.98. The molecule has 0 radical (unpaired) electrons. The zero-order chi connectivity index (χ0) is 11.2. The predicted molar refractivity (Wildman–Crippen MR) is 62.3 cm³/mol. The monoisotopic (exact) mass is 215 g/mol. The quantitative estimate of drug-likeness (QED) is 0.678. The van der Waals surface area contributed by atoms with Gasteiger partial charge in [0.15, 0.2) is 0 Å². The Labute approximate surface area is 96.5 Å². The van der Waals surface area contributed by atoms with Gasteiger partial charge in [0.1, 0.15) is 0 Å². The topological polar surface area (TPSA) is 39.9 Å². The summed E-state index contributed by atoms with van der Waals surface area (Å²) in [7, 11) is 0. The van der Waals surface area contributed by atoms with Crippen LogP contribution in [0.2, 0.25) is 0 Å². The first kappa shape index (κ1) is 10.4. The van der Waals surface area contributed by atoms with Crippen molar-refractivity contribution in [2.45, 2.75) is 44.7 Å². The van der Waals surface area contributed by atoms with Crippen LogP contribution in [0.4, 0.5) is 0 Å². The maximum absolute atomic E-state index is 6.02. The number of aryl methyl sites for hydroxylation is 1. The Morgan fingerprint density at radius 1 is 1.62 bits per heavy atom. The van der Waals surface area contributed by atoms with E-state index >= 15 is 0 Å². The van der Waals surface area contributed by atoms with Gasteiger partial charge in [-0.3, -0.25) is 0 Å². The molecule has 0 amide bonds. The molecule has 2 unspecified atom stereocenters. The minimum atomic E-state index is 0.0122. The van der Waals surface area contributed by atoms with Gasteiger partial charge < -0.3 is 0 Å². The second-order valence-corrected chi connectivity index (χ2v) is 4.91. The molecule has 0 aromatic carbocycles. The van der Waals surface area contributed by atoms with Crippen molar-refractivity contribution in [1.82, 2.24) is 15.0 Å². The fraction of sp³-hybridized carbons (Fsp3) is 0.800. The summed E-state index contributed by atoms with van der Waals surface area (Å²) >= 11 is 0. The van der Waals surface area contributed by atoms with E-state index in [1.54, 1.807) is 0 Å². The van der Waals surface area contributed by atoms with E-state index in [1.807, 2.05) is 10.9 Å². The molecule has 1 aromatic heterocycles. The summed E-state index contributed by atoms with van der Waals surface area (Å²) in [5.41, 5.74) is 1.05. The number of rotatable bonds is 3. The number of nitrogens with zero attached hydrogens (tertiary/aromatic N) is 3. The van der Waals surface area contributed by atoms with Crippen LogP contribution in [0.25, 0.3) is 0 Å². The molecule has 0 N–H and O–H groups in total.